The maximum atomic E-state index is 13.7. The van der Waals surface area contributed by atoms with E-state index in [-0.39, 0.29) is 11.4 Å². The lowest BCUT2D eigenvalue weighted by Crippen LogP contribution is -2.25. The number of hydrogen-bond donors (Lipinski definition) is 0. The predicted molar refractivity (Wildman–Crippen MR) is 68.5 cm³/mol. The Labute approximate surface area is 111 Å². The van der Waals surface area contributed by atoms with E-state index in [1.165, 1.54) is 32.5 Å². The van der Waals surface area contributed by atoms with Crippen LogP contribution in [0.25, 0.3) is 10.9 Å². The molecule has 0 saturated heterocycles. The summed E-state index contributed by atoms with van der Waals surface area (Å²) >= 11 is 3.20. The van der Waals surface area contributed by atoms with Crippen LogP contribution in [0.3, 0.4) is 0 Å². The third-order valence-electron chi connectivity index (χ3n) is 2.55. The average Bonchev–Trinajstić information content (AvgIpc) is 2.36. The van der Waals surface area contributed by atoms with Crippen LogP contribution < -0.4 is 0 Å². The summed E-state index contributed by atoms with van der Waals surface area (Å²) in [6, 6.07) is 4.50. The average molecular weight is 313 g/mol. The van der Waals surface area contributed by atoms with Crippen molar-refractivity contribution in [3.8, 4) is 0 Å². The van der Waals surface area contributed by atoms with Gasteiger partial charge in [-0.15, -0.1) is 0 Å². The largest absolute Gasteiger partial charge is 0.277 e. The van der Waals surface area contributed by atoms with Crippen molar-refractivity contribution in [3.05, 3.63) is 40.2 Å². The van der Waals surface area contributed by atoms with Crippen LogP contribution in [0.15, 0.2) is 28.9 Å². The number of fused-ring (bicyclic) bond motifs is 1. The Hall–Kier alpha value is -1.53. The van der Waals surface area contributed by atoms with Gasteiger partial charge in [-0.05, 0) is 18.2 Å². The molecule has 0 bridgehead atoms. The number of aromatic nitrogens is 1. The maximum absolute atomic E-state index is 13.7. The van der Waals surface area contributed by atoms with E-state index < -0.39 is 5.82 Å². The number of carbonyl (C=O) groups is 1. The minimum atomic E-state index is -0.478. The fraction of sp³-hybridized carbons (Fsp3) is 0.167. The van der Waals surface area contributed by atoms with Gasteiger partial charge >= 0.3 is 0 Å². The molecule has 1 heterocycles. The maximum Gasteiger partial charge on any atom is 0.277 e. The van der Waals surface area contributed by atoms with Gasteiger partial charge in [0, 0.05) is 23.1 Å². The summed E-state index contributed by atoms with van der Waals surface area (Å²) in [4.78, 5) is 20.8. The Kier molecular flexibility index (Phi) is 3.58. The summed E-state index contributed by atoms with van der Waals surface area (Å²) in [6.45, 7) is 0. The zero-order valence-electron chi connectivity index (χ0n) is 9.78. The van der Waals surface area contributed by atoms with Crippen molar-refractivity contribution in [1.29, 1.82) is 0 Å². The van der Waals surface area contributed by atoms with Crippen LogP contribution in [0.5, 0.6) is 0 Å². The molecule has 0 unspecified atom stereocenters. The van der Waals surface area contributed by atoms with Crippen molar-refractivity contribution < 1.29 is 14.0 Å². The van der Waals surface area contributed by atoms with Crippen LogP contribution in [0.1, 0.15) is 10.4 Å². The number of rotatable bonds is 2. The number of carbonyl (C=O) groups excluding carboxylic acids is 1. The molecule has 0 fully saturated rings. The van der Waals surface area contributed by atoms with Gasteiger partial charge in [0.1, 0.15) is 5.52 Å². The van der Waals surface area contributed by atoms with Gasteiger partial charge in [-0.1, -0.05) is 15.9 Å². The van der Waals surface area contributed by atoms with Crippen molar-refractivity contribution in [1.82, 2.24) is 10.0 Å². The van der Waals surface area contributed by atoms with E-state index in [1.807, 2.05) is 0 Å². The quantitative estimate of drug-likeness (QED) is 0.801. The molecule has 0 saturated carbocycles. The first kappa shape index (κ1) is 12.9. The van der Waals surface area contributed by atoms with Crippen molar-refractivity contribution in [2.75, 3.05) is 14.2 Å². The molecule has 4 nitrogen and oxygen atoms in total. The SMILES string of the molecule is CON(C)C(=O)c1ccnc2c(F)cc(Br)cc12. The van der Waals surface area contributed by atoms with Crippen LogP contribution in [0, 0.1) is 5.82 Å². The lowest BCUT2D eigenvalue weighted by Gasteiger charge is -2.15. The summed E-state index contributed by atoms with van der Waals surface area (Å²) < 4.78 is 14.3. The number of halogens is 2. The van der Waals surface area contributed by atoms with E-state index in [1.54, 1.807) is 6.07 Å². The number of amides is 1. The Morgan fingerprint density at radius 2 is 2.22 bits per heavy atom. The summed E-state index contributed by atoms with van der Waals surface area (Å²) in [5.74, 6) is -0.837. The molecule has 0 spiro atoms. The minimum absolute atomic E-state index is 0.161. The third kappa shape index (κ3) is 2.21. The molecule has 0 N–H and O–H groups in total. The molecule has 1 aromatic carbocycles. The molecule has 0 radical (unpaired) electrons. The number of nitrogens with zero attached hydrogens (tertiary/aromatic N) is 2. The molecule has 1 amide bonds. The van der Waals surface area contributed by atoms with Gasteiger partial charge in [0.05, 0.1) is 12.7 Å². The van der Waals surface area contributed by atoms with Crippen molar-refractivity contribution in [2.24, 2.45) is 0 Å². The standard InChI is InChI=1S/C12H10BrFN2O2/c1-16(18-2)12(17)8-3-4-15-11-9(8)5-7(13)6-10(11)14/h3-6H,1-2H3. The normalized spacial score (nSPS) is 10.7. The van der Waals surface area contributed by atoms with Crippen LogP contribution in [0.4, 0.5) is 4.39 Å². The molecule has 18 heavy (non-hydrogen) atoms. The van der Waals surface area contributed by atoms with E-state index >= 15 is 0 Å². The highest BCUT2D eigenvalue weighted by Gasteiger charge is 2.17. The monoisotopic (exact) mass is 312 g/mol. The van der Waals surface area contributed by atoms with Crippen molar-refractivity contribution in [2.45, 2.75) is 0 Å². The van der Waals surface area contributed by atoms with Crippen molar-refractivity contribution in [3.63, 3.8) is 0 Å². The van der Waals surface area contributed by atoms with Gasteiger partial charge in [0.2, 0.25) is 0 Å². The molecule has 1 aromatic heterocycles. The molecular weight excluding hydrogens is 303 g/mol. The Morgan fingerprint density at radius 3 is 2.89 bits per heavy atom. The van der Waals surface area contributed by atoms with Crippen LogP contribution in [-0.2, 0) is 4.84 Å². The highest BCUT2D eigenvalue weighted by atomic mass is 79.9. The highest BCUT2D eigenvalue weighted by molar-refractivity contribution is 9.10. The molecule has 6 heteroatoms. The number of hydroxylamine groups is 2. The summed E-state index contributed by atoms with van der Waals surface area (Å²) in [7, 11) is 2.88. The molecule has 0 atom stereocenters. The summed E-state index contributed by atoms with van der Waals surface area (Å²) in [6.07, 6.45) is 1.40. The lowest BCUT2D eigenvalue weighted by molar-refractivity contribution is -0.0755. The lowest BCUT2D eigenvalue weighted by atomic mass is 10.1. The molecule has 0 aliphatic heterocycles. The number of pyridine rings is 1. The van der Waals surface area contributed by atoms with Crippen molar-refractivity contribution >= 4 is 32.7 Å². The Bertz CT molecular complexity index is 618. The predicted octanol–water partition coefficient (Wildman–Crippen LogP) is 2.77. The van der Waals surface area contributed by atoms with Gasteiger partial charge in [-0.25, -0.2) is 9.45 Å². The first-order valence-electron chi connectivity index (χ1n) is 5.10. The van der Waals surface area contributed by atoms with Gasteiger partial charge in [0.25, 0.3) is 5.91 Å². The van der Waals surface area contributed by atoms with Crippen LogP contribution in [-0.4, -0.2) is 30.1 Å². The molecule has 2 rings (SSSR count). The smallest absolute Gasteiger partial charge is 0.274 e. The zero-order valence-corrected chi connectivity index (χ0v) is 11.4. The topological polar surface area (TPSA) is 42.4 Å². The van der Waals surface area contributed by atoms with Gasteiger partial charge in [-0.2, -0.15) is 0 Å². The number of benzene rings is 1. The van der Waals surface area contributed by atoms with E-state index in [0.717, 1.165) is 5.06 Å². The zero-order chi connectivity index (χ0) is 13.3. The van der Waals surface area contributed by atoms with Crippen LogP contribution >= 0.6 is 15.9 Å². The minimum Gasteiger partial charge on any atom is -0.274 e. The second kappa shape index (κ2) is 4.99. The van der Waals surface area contributed by atoms with E-state index in [2.05, 4.69) is 20.9 Å². The molecule has 0 aliphatic rings. The van der Waals surface area contributed by atoms with E-state index in [0.29, 0.717) is 15.4 Å². The van der Waals surface area contributed by atoms with E-state index in [4.69, 9.17) is 4.84 Å². The highest BCUT2D eigenvalue weighted by Crippen LogP contribution is 2.25. The Morgan fingerprint density at radius 1 is 1.50 bits per heavy atom. The molecule has 2 aromatic rings. The van der Waals surface area contributed by atoms with Gasteiger partial charge < -0.3 is 0 Å². The Balaban J connectivity index is 2.69. The van der Waals surface area contributed by atoms with Crippen LogP contribution in [0.2, 0.25) is 0 Å². The van der Waals surface area contributed by atoms with Gasteiger partial charge in [-0.3, -0.25) is 14.6 Å². The fourth-order valence-electron chi connectivity index (χ4n) is 1.62. The summed E-state index contributed by atoms with van der Waals surface area (Å²) in [5, 5.41) is 1.52. The first-order valence-corrected chi connectivity index (χ1v) is 5.90. The second-order valence-corrected chi connectivity index (χ2v) is 4.54. The second-order valence-electron chi connectivity index (χ2n) is 3.63. The molecule has 0 aliphatic carbocycles. The molecular formula is C12H10BrFN2O2. The fourth-order valence-corrected chi connectivity index (χ4v) is 2.05. The summed E-state index contributed by atoms with van der Waals surface area (Å²) in [5.41, 5.74) is 0.498. The van der Waals surface area contributed by atoms with E-state index in [9.17, 15) is 9.18 Å². The first-order chi connectivity index (χ1) is 8.54. The third-order valence-corrected chi connectivity index (χ3v) is 3.01. The molecule has 94 valence electrons. The van der Waals surface area contributed by atoms with Gasteiger partial charge in [0.15, 0.2) is 5.82 Å². The number of hydrogen-bond acceptors (Lipinski definition) is 3.